The summed E-state index contributed by atoms with van der Waals surface area (Å²) in [6.07, 6.45) is 3.59. The molecule has 0 aromatic heterocycles. The van der Waals surface area contributed by atoms with Crippen LogP contribution in [0.2, 0.25) is 0 Å². The number of hydrogen-bond acceptors (Lipinski definition) is 3. The summed E-state index contributed by atoms with van der Waals surface area (Å²) in [4.78, 5) is 12.3. The molecular weight excluding hydrogens is 216 g/mol. The first-order chi connectivity index (χ1) is 8.10. The normalized spacial score (nSPS) is 9.71. The molecule has 0 saturated heterocycles. The van der Waals surface area contributed by atoms with E-state index >= 15 is 0 Å². The molecule has 4 heteroatoms. The van der Waals surface area contributed by atoms with E-state index in [9.17, 15) is 10.1 Å². The second-order valence-corrected chi connectivity index (χ2v) is 3.71. The summed E-state index contributed by atoms with van der Waals surface area (Å²) in [5.74, 6) is 0. The first-order valence-electron chi connectivity index (χ1n) is 5.32. The standard InChI is InChI=1S/C13H16N2O2/c1-4-8-14(9-5-2)13-7-6-12(15(16)17)10-11(13)3/h4-7,10H,1-2,8-9H2,3H3. The summed E-state index contributed by atoms with van der Waals surface area (Å²) in [7, 11) is 0. The minimum absolute atomic E-state index is 0.114. The fraction of sp³-hybridized carbons (Fsp3) is 0.231. The van der Waals surface area contributed by atoms with Crippen LogP contribution in [0.4, 0.5) is 11.4 Å². The van der Waals surface area contributed by atoms with Crippen molar-refractivity contribution in [1.29, 1.82) is 0 Å². The molecule has 0 bridgehead atoms. The highest BCUT2D eigenvalue weighted by atomic mass is 16.6. The number of hydrogen-bond donors (Lipinski definition) is 0. The maximum absolute atomic E-state index is 10.6. The van der Waals surface area contributed by atoms with Crippen molar-refractivity contribution in [2.45, 2.75) is 6.92 Å². The number of non-ortho nitro benzene ring substituents is 1. The Morgan fingerprint density at radius 1 is 1.35 bits per heavy atom. The van der Waals surface area contributed by atoms with Gasteiger partial charge in [-0.2, -0.15) is 0 Å². The molecule has 0 radical (unpaired) electrons. The van der Waals surface area contributed by atoms with Crippen molar-refractivity contribution in [1.82, 2.24) is 0 Å². The van der Waals surface area contributed by atoms with Crippen LogP contribution in [0.25, 0.3) is 0 Å². The van der Waals surface area contributed by atoms with E-state index in [1.165, 1.54) is 6.07 Å². The summed E-state index contributed by atoms with van der Waals surface area (Å²) < 4.78 is 0. The van der Waals surface area contributed by atoms with Gasteiger partial charge in [0.25, 0.3) is 5.69 Å². The van der Waals surface area contributed by atoms with Gasteiger partial charge in [0.1, 0.15) is 0 Å². The summed E-state index contributed by atoms with van der Waals surface area (Å²) in [5, 5.41) is 10.6. The van der Waals surface area contributed by atoms with E-state index in [1.54, 1.807) is 24.3 Å². The summed E-state index contributed by atoms with van der Waals surface area (Å²) >= 11 is 0. The highest BCUT2D eigenvalue weighted by Gasteiger charge is 2.11. The number of aryl methyl sites for hydroxylation is 1. The van der Waals surface area contributed by atoms with E-state index < -0.39 is 0 Å². The second-order valence-electron chi connectivity index (χ2n) is 3.71. The number of anilines is 1. The molecule has 0 amide bonds. The summed E-state index contributed by atoms with van der Waals surface area (Å²) in [6.45, 7) is 10.6. The Morgan fingerprint density at radius 2 is 1.94 bits per heavy atom. The topological polar surface area (TPSA) is 46.4 Å². The number of rotatable bonds is 6. The Labute approximate surface area is 101 Å². The molecule has 1 aromatic rings. The van der Waals surface area contributed by atoms with Gasteiger partial charge in [-0.15, -0.1) is 13.2 Å². The molecular formula is C13H16N2O2. The van der Waals surface area contributed by atoms with Crippen LogP contribution in [0, 0.1) is 17.0 Å². The third kappa shape index (κ3) is 3.17. The maximum Gasteiger partial charge on any atom is 0.269 e. The molecule has 90 valence electrons. The minimum atomic E-state index is -0.387. The van der Waals surface area contributed by atoms with E-state index in [-0.39, 0.29) is 10.6 Å². The lowest BCUT2D eigenvalue weighted by molar-refractivity contribution is -0.384. The van der Waals surface area contributed by atoms with E-state index in [1.807, 2.05) is 6.92 Å². The Kier molecular flexibility index (Phi) is 4.46. The number of nitro groups is 1. The van der Waals surface area contributed by atoms with Crippen molar-refractivity contribution in [2.24, 2.45) is 0 Å². The van der Waals surface area contributed by atoms with Gasteiger partial charge in [0.2, 0.25) is 0 Å². The first-order valence-corrected chi connectivity index (χ1v) is 5.32. The quantitative estimate of drug-likeness (QED) is 0.430. The highest BCUT2D eigenvalue weighted by molar-refractivity contribution is 5.58. The molecule has 0 heterocycles. The average molecular weight is 232 g/mol. The van der Waals surface area contributed by atoms with E-state index in [4.69, 9.17) is 0 Å². The van der Waals surface area contributed by atoms with Crippen LogP contribution in [0.15, 0.2) is 43.5 Å². The molecule has 0 N–H and O–H groups in total. The Morgan fingerprint density at radius 3 is 2.35 bits per heavy atom. The van der Waals surface area contributed by atoms with Crippen molar-refractivity contribution in [3.05, 3.63) is 59.2 Å². The molecule has 0 aliphatic heterocycles. The monoisotopic (exact) mass is 232 g/mol. The van der Waals surface area contributed by atoms with Crippen LogP contribution in [-0.4, -0.2) is 18.0 Å². The fourth-order valence-corrected chi connectivity index (χ4v) is 1.69. The molecule has 0 saturated carbocycles. The third-order valence-corrected chi connectivity index (χ3v) is 2.43. The molecule has 1 aromatic carbocycles. The van der Waals surface area contributed by atoms with E-state index in [0.717, 1.165) is 11.3 Å². The largest absolute Gasteiger partial charge is 0.364 e. The average Bonchev–Trinajstić information content (AvgIpc) is 2.28. The zero-order chi connectivity index (χ0) is 12.8. The third-order valence-electron chi connectivity index (χ3n) is 2.43. The molecule has 0 aliphatic rings. The first kappa shape index (κ1) is 13.0. The van der Waals surface area contributed by atoms with Crippen LogP contribution < -0.4 is 4.90 Å². The lowest BCUT2D eigenvalue weighted by Crippen LogP contribution is -2.23. The van der Waals surface area contributed by atoms with Crippen molar-refractivity contribution >= 4 is 11.4 Å². The molecule has 17 heavy (non-hydrogen) atoms. The van der Waals surface area contributed by atoms with Crippen molar-refractivity contribution in [3.63, 3.8) is 0 Å². The SMILES string of the molecule is C=CCN(CC=C)c1ccc([N+](=O)[O-])cc1C. The maximum atomic E-state index is 10.6. The lowest BCUT2D eigenvalue weighted by atomic mass is 10.1. The van der Waals surface area contributed by atoms with E-state index in [2.05, 4.69) is 18.1 Å². The lowest BCUT2D eigenvalue weighted by Gasteiger charge is -2.23. The van der Waals surface area contributed by atoms with Gasteiger partial charge in [-0.25, -0.2) is 0 Å². The Bertz CT molecular complexity index is 431. The Balaban J connectivity index is 3.07. The van der Waals surface area contributed by atoms with Crippen LogP contribution >= 0.6 is 0 Å². The zero-order valence-electron chi connectivity index (χ0n) is 9.93. The summed E-state index contributed by atoms with van der Waals surface area (Å²) in [5.41, 5.74) is 1.96. The molecule has 4 nitrogen and oxygen atoms in total. The van der Waals surface area contributed by atoms with Gasteiger partial charge in [0, 0.05) is 30.9 Å². The smallest absolute Gasteiger partial charge is 0.269 e. The van der Waals surface area contributed by atoms with Gasteiger partial charge in [0.05, 0.1) is 4.92 Å². The van der Waals surface area contributed by atoms with Gasteiger partial charge in [-0.1, -0.05) is 12.2 Å². The number of nitro benzene ring substituents is 1. The van der Waals surface area contributed by atoms with Crippen molar-refractivity contribution in [2.75, 3.05) is 18.0 Å². The molecule has 0 unspecified atom stereocenters. The van der Waals surface area contributed by atoms with Gasteiger partial charge in [-0.3, -0.25) is 10.1 Å². The van der Waals surface area contributed by atoms with E-state index in [0.29, 0.717) is 13.1 Å². The van der Waals surface area contributed by atoms with Gasteiger partial charge in [-0.05, 0) is 18.6 Å². The molecule has 1 rings (SSSR count). The number of nitrogens with zero attached hydrogens (tertiary/aromatic N) is 2. The summed E-state index contributed by atoms with van der Waals surface area (Å²) in [6, 6.07) is 4.86. The van der Waals surface area contributed by atoms with Crippen LogP contribution in [0.3, 0.4) is 0 Å². The van der Waals surface area contributed by atoms with Crippen LogP contribution in [-0.2, 0) is 0 Å². The molecule has 0 fully saturated rings. The van der Waals surface area contributed by atoms with Gasteiger partial charge in [0.15, 0.2) is 0 Å². The minimum Gasteiger partial charge on any atom is -0.364 e. The molecule has 0 spiro atoms. The predicted molar refractivity (Wildman–Crippen MR) is 70.4 cm³/mol. The fourth-order valence-electron chi connectivity index (χ4n) is 1.69. The van der Waals surface area contributed by atoms with Crippen molar-refractivity contribution < 1.29 is 4.92 Å². The zero-order valence-corrected chi connectivity index (χ0v) is 9.93. The van der Waals surface area contributed by atoms with Gasteiger partial charge >= 0.3 is 0 Å². The van der Waals surface area contributed by atoms with Crippen molar-refractivity contribution in [3.8, 4) is 0 Å². The highest BCUT2D eigenvalue weighted by Crippen LogP contribution is 2.24. The second kappa shape index (κ2) is 5.84. The predicted octanol–water partition coefficient (Wildman–Crippen LogP) is 3.08. The van der Waals surface area contributed by atoms with Gasteiger partial charge < -0.3 is 4.90 Å². The number of benzene rings is 1. The van der Waals surface area contributed by atoms with Crippen LogP contribution in [0.1, 0.15) is 5.56 Å². The molecule has 0 aliphatic carbocycles. The Hall–Kier alpha value is -2.10. The molecule has 0 atom stereocenters. The van der Waals surface area contributed by atoms with Crippen LogP contribution in [0.5, 0.6) is 0 Å².